The molecule has 0 aliphatic carbocycles. The van der Waals surface area contributed by atoms with Gasteiger partial charge < -0.3 is 15.3 Å². The SMILES string of the molecule is CC(C)[C@](C)(O)[C@@H]1CN(c2nc(-c3[nH]nc4ncccc34)c(F)cc2Cl)CCN1.[HH].[HH]. The number of H-pyrrole nitrogens is 1. The van der Waals surface area contributed by atoms with Gasteiger partial charge in [-0.25, -0.2) is 14.4 Å². The van der Waals surface area contributed by atoms with Crippen molar-refractivity contribution in [3.05, 3.63) is 35.2 Å². The third-order valence-electron chi connectivity index (χ3n) is 5.83. The Morgan fingerprint density at radius 3 is 3.00 bits per heavy atom. The summed E-state index contributed by atoms with van der Waals surface area (Å²) in [5.41, 5.74) is 0.199. The van der Waals surface area contributed by atoms with Gasteiger partial charge >= 0.3 is 0 Å². The lowest BCUT2D eigenvalue weighted by molar-refractivity contribution is -0.0231. The molecule has 2 atom stereocenters. The lowest BCUT2D eigenvalue weighted by Gasteiger charge is -2.43. The van der Waals surface area contributed by atoms with E-state index in [0.717, 1.165) is 0 Å². The minimum atomic E-state index is -0.904. The van der Waals surface area contributed by atoms with Crippen LogP contribution in [-0.4, -0.2) is 56.5 Å². The zero-order valence-corrected chi connectivity index (χ0v) is 17.3. The van der Waals surface area contributed by atoms with E-state index in [1.54, 1.807) is 12.3 Å². The number of nitrogens with zero attached hydrogens (tertiary/aromatic N) is 4. The first-order valence-corrected chi connectivity index (χ1v) is 10.0. The fourth-order valence-electron chi connectivity index (χ4n) is 3.62. The van der Waals surface area contributed by atoms with E-state index in [0.29, 0.717) is 42.2 Å². The Hall–Kier alpha value is -2.29. The first-order chi connectivity index (χ1) is 13.8. The molecule has 1 aliphatic rings. The molecule has 4 rings (SSSR count). The van der Waals surface area contributed by atoms with Crippen molar-refractivity contribution in [1.82, 2.24) is 25.5 Å². The minimum absolute atomic E-state index is 0. The van der Waals surface area contributed by atoms with Gasteiger partial charge in [0, 0.05) is 34.1 Å². The van der Waals surface area contributed by atoms with Gasteiger partial charge in [-0.1, -0.05) is 25.4 Å². The highest BCUT2D eigenvalue weighted by Gasteiger charge is 2.38. The maximum atomic E-state index is 14.8. The quantitative estimate of drug-likeness (QED) is 0.596. The van der Waals surface area contributed by atoms with Crippen LogP contribution in [0.15, 0.2) is 24.4 Å². The molecule has 3 aromatic heterocycles. The second-order valence-corrected chi connectivity index (χ2v) is 8.34. The monoisotopic (exact) mass is 422 g/mol. The number of nitrogens with one attached hydrogen (secondary N) is 2. The number of fused-ring (bicyclic) bond motifs is 1. The summed E-state index contributed by atoms with van der Waals surface area (Å²) in [5.74, 6) is 0.0193. The maximum Gasteiger partial charge on any atom is 0.181 e. The molecule has 0 radical (unpaired) electrons. The molecule has 3 aromatic rings. The van der Waals surface area contributed by atoms with E-state index in [1.165, 1.54) is 6.07 Å². The largest absolute Gasteiger partial charge is 0.388 e. The molecule has 3 N–H and O–H groups in total. The number of pyridine rings is 2. The number of piperazine rings is 1. The van der Waals surface area contributed by atoms with Crippen LogP contribution in [0.1, 0.15) is 23.6 Å². The van der Waals surface area contributed by atoms with Gasteiger partial charge in [0.05, 0.1) is 22.4 Å². The lowest BCUT2D eigenvalue weighted by atomic mass is 9.84. The molecule has 1 fully saturated rings. The Bertz CT molecular complexity index is 1050. The van der Waals surface area contributed by atoms with Crippen LogP contribution in [0.2, 0.25) is 5.02 Å². The summed E-state index contributed by atoms with van der Waals surface area (Å²) in [5, 5.41) is 22.2. The number of halogens is 2. The molecule has 9 heteroatoms. The Kier molecular flexibility index (Phi) is 5.18. The summed E-state index contributed by atoms with van der Waals surface area (Å²) in [7, 11) is 0. The zero-order chi connectivity index (χ0) is 20.8. The van der Waals surface area contributed by atoms with Crippen molar-refractivity contribution >= 4 is 28.5 Å². The van der Waals surface area contributed by atoms with Gasteiger partial charge in [0.25, 0.3) is 0 Å². The Labute approximate surface area is 176 Å². The van der Waals surface area contributed by atoms with E-state index in [-0.39, 0.29) is 25.5 Å². The number of hydrogen-bond donors (Lipinski definition) is 3. The summed E-state index contributed by atoms with van der Waals surface area (Å²) in [6, 6.07) is 4.70. The third kappa shape index (κ3) is 3.56. The number of anilines is 1. The van der Waals surface area contributed by atoms with Crippen molar-refractivity contribution in [2.45, 2.75) is 32.4 Å². The van der Waals surface area contributed by atoms with Crippen molar-refractivity contribution in [2.24, 2.45) is 5.92 Å². The number of aromatic amines is 1. The highest BCUT2D eigenvalue weighted by molar-refractivity contribution is 6.33. The smallest absolute Gasteiger partial charge is 0.181 e. The lowest BCUT2D eigenvalue weighted by Crippen LogP contribution is -2.62. The van der Waals surface area contributed by atoms with E-state index >= 15 is 0 Å². The highest BCUT2D eigenvalue weighted by atomic mass is 35.5. The fraction of sp³-hybridized carbons (Fsp3) is 0.450. The molecule has 0 aromatic carbocycles. The average Bonchev–Trinajstić information content (AvgIpc) is 3.12. The summed E-state index contributed by atoms with van der Waals surface area (Å²) < 4.78 is 14.8. The van der Waals surface area contributed by atoms with E-state index in [9.17, 15) is 9.50 Å². The van der Waals surface area contributed by atoms with Crippen LogP contribution in [0.25, 0.3) is 22.4 Å². The molecule has 29 heavy (non-hydrogen) atoms. The third-order valence-corrected chi connectivity index (χ3v) is 6.10. The number of rotatable bonds is 4. The molecule has 0 saturated carbocycles. The van der Waals surface area contributed by atoms with Crippen LogP contribution in [0, 0.1) is 11.7 Å². The minimum Gasteiger partial charge on any atom is -0.388 e. The molecule has 0 unspecified atom stereocenters. The molecule has 4 heterocycles. The van der Waals surface area contributed by atoms with Gasteiger partial charge in [-0.15, -0.1) is 0 Å². The first kappa shape index (κ1) is 20.0. The topological polar surface area (TPSA) is 90.0 Å². The maximum absolute atomic E-state index is 14.8. The molecule has 7 nitrogen and oxygen atoms in total. The van der Waals surface area contributed by atoms with Crippen LogP contribution in [-0.2, 0) is 0 Å². The molecule has 0 bridgehead atoms. The second kappa shape index (κ2) is 7.51. The van der Waals surface area contributed by atoms with Crippen LogP contribution < -0.4 is 10.2 Å². The van der Waals surface area contributed by atoms with E-state index in [4.69, 9.17) is 11.6 Å². The molecule has 1 saturated heterocycles. The predicted molar refractivity (Wildman–Crippen MR) is 116 cm³/mol. The van der Waals surface area contributed by atoms with Crippen LogP contribution in [0.4, 0.5) is 10.2 Å². The molecular weight excluding hydrogens is 395 g/mol. The van der Waals surface area contributed by atoms with Crippen LogP contribution in [0.5, 0.6) is 0 Å². The van der Waals surface area contributed by atoms with Gasteiger partial charge in [0.1, 0.15) is 11.5 Å². The molecule has 158 valence electrons. The molecular formula is C20H28ClFN6O. The standard InChI is InChI=1S/C20H24ClFN6O.2H2/c1-11(2)20(3,29)15-10-28(8-7-23-15)19-13(21)9-14(22)17(25-19)16-12-5-4-6-24-18(12)27-26-16;;/h4-6,9,11,15,23,29H,7-8,10H2,1-3H3,(H,24,26,27);2*1H/t15-,20-;;/m0../s1. The van der Waals surface area contributed by atoms with E-state index in [2.05, 4.69) is 25.5 Å². The van der Waals surface area contributed by atoms with Gasteiger partial charge in [0.15, 0.2) is 11.5 Å². The van der Waals surface area contributed by atoms with Gasteiger partial charge in [-0.05, 0) is 31.0 Å². The first-order valence-electron chi connectivity index (χ1n) is 9.65. The number of hydrogen-bond acceptors (Lipinski definition) is 6. The fourth-order valence-corrected chi connectivity index (χ4v) is 3.88. The molecule has 1 aliphatic heterocycles. The average molecular weight is 423 g/mol. The summed E-state index contributed by atoms with van der Waals surface area (Å²) >= 11 is 6.37. The molecule has 0 amide bonds. The summed E-state index contributed by atoms with van der Waals surface area (Å²) in [6.07, 6.45) is 1.63. The zero-order valence-electron chi connectivity index (χ0n) is 16.6. The van der Waals surface area contributed by atoms with Gasteiger partial charge in [0.2, 0.25) is 0 Å². The Morgan fingerprint density at radius 1 is 1.45 bits per heavy atom. The normalized spacial score (nSPS) is 19.7. The van der Waals surface area contributed by atoms with Gasteiger partial charge in [-0.3, -0.25) is 5.10 Å². The van der Waals surface area contributed by atoms with Gasteiger partial charge in [-0.2, -0.15) is 5.10 Å². The second-order valence-electron chi connectivity index (χ2n) is 7.93. The van der Waals surface area contributed by atoms with Crippen molar-refractivity contribution in [2.75, 3.05) is 24.5 Å². The van der Waals surface area contributed by atoms with Crippen molar-refractivity contribution < 1.29 is 12.4 Å². The van der Waals surface area contributed by atoms with Crippen LogP contribution in [0.3, 0.4) is 0 Å². The number of aromatic nitrogens is 4. The van der Waals surface area contributed by atoms with E-state index < -0.39 is 11.4 Å². The number of aliphatic hydroxyl groups is 1. The Balaban J connectivity index is 0.00000171. The van der Waals surface area contributed by atoms with E-state index in [1.807, 2.05) is 31.7 Å². The van der Waals surface area contributed by atoms with Crippen molar-refractivity contribution in [1.29, 1.82) is 0 Å². The van der Waals surface area contributed by atoms with Crippen molar-refractivity contribution in [3.8, 4) is 11.4 Å². The van der Waals surface area contributed by atoms with Crippen LogP contribution >= 0.6 is 11.6 Å². The van der Waals surface area contributed by atoms with Crippen molar-refractivity contribution in [3.63, 3.8) is 0 Å². The summed E-state index contributed by atoms with van der Waals surface area (Å²) in [4.78, 5) is 10.7. The predicted octanol–water partition coefficient (Wildman–Crippen LogP) is 3.49. The highest BCUT2D eigenvalue weighted by Crippen LogP contribution is 2.33. The summed E-state index contributed by atoms with van der Waals surface area (Å²) in [6.45, 7) is 7.61. The Morgan fingerprint density at radius 2 is 2.24 bits per heavy atom. The molecule has 0 spiro atoms.